The van der Waals surface area contributed by atoms with Crippen LogP contribution in [0.3, 0.4) is 0 Å². The monoisotopic (exact) mass is 234 g/mol. The van der Waals surface area contributed by atoms with Gasteiger partial charge in [-0.1, -0.05) is 54.9 Å². The number of rotatable bonds is 6. The van der Waals surface area contributed by atoms with Crippen LogP contribution >= 0.6 is 0 Å². The molecule has 17 heavy (non-hydrogen) atoms. The molecule has 0 fully saturated rings. The van der Waals surface area contributed by atoms with Crippen LogP contribution in [0.1, 0.15) is 60.8 Å². The van der Waals surface area contributed by atoms with E-state index in [-0.39, 0.29) is 0 Å². The van der Waals surface area contributed by atoms with Crippen LogP contribution in [0.5, 0.6) is 0 Å². The molecule has 98 valence electrons. The maximum atomic E-state index is 4.09. The first-order chi connectivity index (χ1) is 7.91. The zero-order chi connectivity index (χ0) is 13.8. The van der Waals surface area contributed by atoms with Gasteiger partial charge >= 0.3 is 0 Å². The Labute approximate surface area is 109 Å². The Hall–Kier alpha value is -1.04. The van der Waals surface area contributed by atoms with Crippen LogP contribution in [0.4, 0.5) is 0 Å². The van der Waals surface area contributed by atoms with Crippen molar-refractivity contribution in [2.24, 2.45) is 0 Å². The van der Waals surface area contributed by atoms with Crippen LogP contribution in [0.2, 0.25) is 0 Å². The van der Waals surface area contributed by atoms with Gasteiger partial charge in [-0.3, -0.25) is 0 Å². The molecule has 0 rings (SSSR count). The van der Waals surface area contributed by atoms with Gasteiger partial charge in [0.1, 0.15) is 0 Å². The van der Waals surface area contributed by atoms with Gasteiger partial charge in [-0.05, 0) is 47.0 Å². The van der Waals surface area contributed by atoms with E-state index in [0.717, 1.165) is 19.3 Å². The van der Waals surface area contributed by atoms with Crippen molar-refractivity contribution >= 4 is 0 Å². The van der Waals surface area contributed by atoms with Crippen molar-refractivity contribution in [2.45, 2.75) is 60.8 Å². The zero-order valence-corrected chi connectivity index (χ0v) is 12.7. The standard InChI is InChI=1S/C15H24.C2H6/c1-12(2)7-9-14(5)11-15(6)10-8-13(3)4;1-2/h8,10H,1,5,7,9,11H2,2-4,6H3;1-2H3/b15-10+;. The Kier molecular flexibility index (Phi) is 12.3. The Bertz CT molecular complexity index is 283. The van der Waals surface area contributed by atoms with Gasteiger partial charge < -0.3 is 0 Å². The highest BCUT2D eigenvalue weighted by Crippen LogP contribution is 2.16. The summed E-state index contributed by atoms with van der Waals surface area (Å²) in [7, 11) is 0. The van der Waals surface area contributed by atoms with Crippen molar-refractivity contribution in [1.29, 1.82) is 0 Å². The fourth-order valence-electron chi connectivity index (χ4n) is 1.24. The molecule has 0 N–H and O–H groups in total. The highest BCUT2D eigenvalue weighted by atomic mass is 14.0. The van der Waals surface area contributed by atoms with Gasteiger partial charge in [0.25, 0.3) is 0 Å². The van der Waals surface area contributed by atoms with E-state index in [0.29, 0.717) is 0 Å². The average molecular weight is 234 g/mol. The summed E-state index contributed by atoms with van der Waals surface area (Å²) in [4.78, 5) is 0. The summed E-state index contributed by atoms with van der Waals surface area (Å²) in [6, 6.07) is 0. The molecule has 0 radical (unpaired) electrons. The van der Waals surface area contributed by atoms with Gasteiger partial charge in [0.15, 0.2) is 0 Å². The van der Waals surface area contributed by atoms with E-state index in [9.17, 15) is 0 Å². The minimum Gasteiger partial charge on any atom is -0.100 e. The lowest BCUT2D eigenvalue weighted by Crippen LogP contribution is -1.85. The van der Waals surface area contributed by atoms with Gasteiger partial charge in [0.05, 0.1) is 0 Å². The third-order valence-electron chi connectivity index (χ3n) is 2.14. The molecule has 0 nitrogen and oxygen atoms in total. The normalized spacial score (nSPS) is 10.1. The highest BCUT2D eigenvalue weighted by molar-refractivity contribution is 5.19. The second-order valence-electron chi connectivity index (χ2n) is 4.64. The molecule has 0 amide bonds. The fraction of sp³-hybridized carbons (Fsp3) is 0.529. The molecule has 0 spiro atoms. The predicted molar refractivity (Wildman–Crippen MR) is 82.3 cm³/mol. The van der Waals surface area contributed by atoms with Crippen LogP contribution in [-0.4, -0.2) is 0 Å². The molecule has 0 aliphatic carbocycles. The average Bonchev–Trinajstić information content (AvgIpc) is 2.26. The molecule has 0 unspecified atom stereocenters. The van der Waals surface area contributed by atoms with Crippen LogP contribution in [0.15, 0.2) is 47.6 Å². The SMILES string of the molecule is C=C(C)CCC(=C)C/C(C)=C/C=C(C)C.CC. The second-order valence-corrected chi connectivity index (χ2v) is 4.64. The highest BCUT2D eigenvalue weighted by Gasteiger charge is 1.96. The Balaban J connectivity index is 0. The Morgan fingerprint density at radius 1 is 0.882 bits per heavy atom. The molecular formula is C17H30. The van der Waals surface area contributed by atoms with Crippen molar-refractivity contribution in [1.82, 2.24) is 0 Å². The fourth-order valence-corrected chi connectivity index (χ4v) is 1.24. The lowest BCUT2D eigenvalue weighted by atomic mass is 10.0. The van der Waals surface area contributed by atoms with E-state index in [1.165, 1.54) is 22.3 Å². The van der Waals surface area contributed by atoms with Gasteiger partial charge in [0.2, 0.25) is 0 Å². The largest absolute Gasteiger partial charge is 0.100 e. The second kappa shape index (κ2) is 11.4. The topological polar surface area (TPSA) is 0 Å². The summed E-state index contributed by atoms with van der Waals surface area (Å²) in [6.07, 6.45) is 7.48. The van der Waals surface area contributed by atoms with Crippen molar-refractivity contribution < 1.29 is 0 Å². The van der Waals surface area contributed by atoms with Gasteiger partial charge in [0, 0.05) is 0 Å². The first kappa shape index (κ1) is 18.3. The third-order valence-corrected chi connectivity index (χ3v) is 2.14. The summed E-state index contributed by atoms with van der Waals surface area (Å²) in [5, 5.41) is 0. The molecule has 0 heterocycles. The van der Waals surface area contributed by atoms with Gasteiger partial charge in [-0.2, -0.15) is 0 Å². The molecule has 0 aliphatic heterocycles. The van der Waals surface area contributed by atoms with Crippen molar-refractivity contribution in [3.05, 3.63) is 47.6 Å². The first-order valence-electron chi connectivity index (χ1n) is 6.53. The summed E-state index contributed by atoms with van der Waals surface area (Å²) >= 11 is 0. The van der Waals surface area contributed by atoms with E-state index in [2.05, 4.69) is 53.0 Å². The molecule has 0 saturated carbocycles. The van der Waals surface area contributed by atoms with E-state index >= 15 is 0 Å². The number of hydrogen-bond donors (Lipinski definition) is 0. The lowest BCUT2D eigenvalue weighted by molar-refractivity contribution is 0.889. The summed E-state index contributed by atoms with van der Waals surface area (Å²) in [5.74, 6) is 0. The van der Waals surface area contributed by atoms with Crippen LogP contribution in [-0.2, 0) is 0 Å². The van der Waals surface area contributed by atoms with Crippen LogP contribution < -0.4 is 0 Å². The molecule has 0 aliphatic rings. The quantitative estimate of drug-likeness (QED) is 0.377. The number of allylic oxidation sites excluding steroid dienone is 6. The van der Waals surface area contributed by atoms with E-state index < -0.39 is 0 Å². The number of hydrogen-bond acceptors (Lipinski definition) is 0. The Morgan fingerprint density at radius 3 is 1.82 bits per heavy atom. The van der Waals surface area contributed by atoms with E-state index in [4.69, 9.17) is 0 Å². The molecule has 0 atom stereocenters. The summed E-state index contributed by atoms with van der Waals surface area (Å²) < 4.78 is 0. The third kappa shape index (κ3) is 15.0. The van der Waals surface area contributed by atoms with Gasteiger partial charge in [-0.25, -0.2) is 0 Å². The minimum atomic E-state index is 1.01. The summed E-state index contributed by atoms with van der Waals surface area (Å²) in [5.41, 5.74) is 5.25. The predicted octanol–water partition coefficient (Wildman–Crippen LogP) is 6.23. The molecule has 0 aromatic rings. The van der Waals surface area contributed by atoms with E-state index in [1.54, 1.807) is 0 Å². The lowest BCUT2D eigenvalue weighted by Gasteiger charge is -2.05. The maximum absolute atomic E-state index is 4.09. The molecule has 0 aromatic carbocycles. The van der Waals surface area contributed by atoms with E-state index in [1.807, 2.05) is 13.8 Å². The van der Waals surface area contributed by atoms with Crippen LogP contribution in [0.25, 0.3) is 0 Å². The molecule has 0 heteroatoms. The molecule has 0 saturated heterocycles. The minimum absolute atomic E-state index is 1.01. The Morgan fingerprint density at radius 2 is 1.41 bits per heavy atom. The first-order valence-corrected chi connectivity index (χ1v) is 6.53. The maximum Gasteiger partial charge on any atom is -0.0111 e. The summed E-state index contributed by atoms with van der Waals surface area (Å²) in [6.45, 7) is 20.4. The molecule has 0 bridgehead atoms. The van der Waals surface area contributed by atoms with Crippen molar-refractivity contribution in [3.63, 3.8) is 0 Å². The van der Waals surface area contributed by atoms with Gasteiger partial charge in [-0.15, -0.1) is 6.58 Å². The smallest absolute Gasteiger partial charge is 0.0111 e. The zero-order valence-electron chi connectivity index (χ0n) is 12.7. The van der Waals surface area contributed by atoms with Crippen molar-refractivity contribution in [3.8, 4) is 0 Å². The van der Waals surface area contributed by atoms with Crippen LogP contribution in [0, 0.1) is 0 Å². The molecule has 0 aromatic heterocycles. The van der Waals surface area contributed by atoms with Crippen molar-refractivity contribution in [2.75, 3.05) is 0 Å². The molecular weight excluding hydrogens is 204 g/mol.